The van der Waals surface area contributed by atoms with Crippen LogP contribution in [0.15, 0.2) is 0 Å². The van der Waals surface area contributed by atoms with Gasteiger partial charge in [-0.25, -0.2) is 0 Å². The van der Waals surface area contributed by atoms with Gasteiger partial charge in [-0.05, 0) is 0 Å². The topological polar surface area (TPSA) is 44.8 Å². The molecule has 0 amide bonds. The summed E-state index contributed by atoms with van der Waals surface area (Å²) in [5.41, 5.74) is 0. The average Bonchev–Trinajstić information content (AvgIpc) is 2.31. The van der Waals surface area contributed by atoms with Gasteiger partial charge in [-0.2, -0.15) is 0 Å². The Morgan fingerprint density at radius 3 is 3.09 bits per heavy atom. The van der Waals surface area contributed by atoms with E-state index in [9.17, 15) is 4.79 Å². The van der Waals surface area contributed by atoms with Crippen LogP contribution in [0, 0.1) is 0 Å². The molecule has 1 atom stereocenters. The number of rotatable bonds is 2. The molecule has 0 aliphatic carbocycles. The number of thiocarbonyl (C=S) groups is 1. The molecule has 5 heteroatoms. The lowest BCUT2D eigenvalue weighted by atomic mass is 10.4. The van der Waals surface area contributed by atoms with Gasteiger partial charge in [0.1, 0.15) is 13.2 Å². The van der Waals surface area contributed by atoms with Crippen molar-refractivity contribution >= 4 is 23.4 Å². The van der Waals surface area contributed by atoms with E-state index in [1.165, 1.54) is 6.92 Å². The summed E-state index contributed by atoms with van der Waals surface area (Å²) >= 11 is 4.59. The minimum absolute atomic E-state index is 0.127. The fourth-order valence-electron chi connectivity index (χ4n) is 0.658. The van der Waals surface area contributed by atoms with Crippen LogP contribution in [0.25, 0.3) is 0 Å². The first-order valence-electron chi connectivity index (χ1n) is 3.15. The number of carbonyl (C=O) groups is 1. The van der Waals surface area contributed by atoms with Gasteiger partial charge in [-0.15, -0.1) is 0 Å². The quantitative estimate of drug-likeness (QED) is 0.445. The summed E-state index contributed by atoms with van der Waals surface area (Å²) in [7, 11) is 0. The number of hydrogen-bond donors (Lipinski definition) is 0. The van der Waals surface area contributed by atoms with E-state index < -0.39 is 0 Å². The van der Waals surface area contributed by atoms with Gasteiger partial charge in [0.15, 0.2) is 6.10 Å². The second-order valence-electron chi connectivity index (χ2n) is 2.10. The molecule has 0 N–H and O–H groups in total. The molecule has 0 saturated carbocycles. The van der Waals surface area contributed by atoms with Crippen molar-refractivity contribution in [1.29, 1.82) is 0 Å². The molecule has 0 aromatic rings. The summed E-state index contributed by atoms with van der Waals surface area (Å²) in [4.78, 5) is 10.3. The molecule has 1 heterocycles. The van der Waals surface area contributed by atoms with E-state index in [1.807, 2.05) is 0 Å². The zero-order valence-corrected chi connectivity index (χ0v) is 6.85. The highest BCUT2D eigenvalue weighted by atomic mass is 32.1. The molecule has 1 aliphatic heterocycles. The van der Waals surface area contributed by atoms with E-state index in [1.54, 1.807) is 0 Å². The highest BCUT2D eigenvalue weighted by Gasteiger charge is 2.22. The molecular weight excluding hydrogens is 168 g/mol. The Kier molecular flexibility index (Phi) is 2.64. The van der Waals surface area contributed by atoms with E-state index in [4.69, 9.17) is 9.47 Å². The minimum Gasteiger partial charge on any atom is -0.462 e. The molecule has 1 rings (SSSR count). The monoisotopic (exact) mass is 176 g/mol. The van der Waals surface area contributed by atoms with Crippen LogP contribution in [0.5, 0.6) is 0 Å². The maximum atomic E-state index is 10.3. The van der Waals surface area contributed by atoms with Gasteiger partial charge in [-0.3, -0.25) is 4.79 Å². The second-order valence-corrected chi connectivity index (χ2v) is 2.44. The first kappa shape index (κ1) is 8.26. The molecule has 0 spiro atoms. The lowest BCUT2D eigenvalue weighted by Crippen LogP contribution is -2.19. The second kappa shape index (κ2) is 3.52. The maximum Gasteiger partial charge on any atom is 0.352 e. The van der Waals surface area contributed by atoms with Crippen LogP contribution in [-0.4, -0.2) is 30.5 Å². The van der Waals surface area contributed by atoms with Crippen LogP contribution < -0.4 is 0 Å². The predicted molar refractivity (Wildman–Crippen MR) is 40.1 cm³/mol. The fraction of sp³-hybridized carbons (Fsp3) is 0.667. The number of ether oxygens (including phenoxy) is 3. The van der Waals surface area contributed by atoms with Crippen molar-refractivity contribution in [1.82, 2.24) is 0 Å². The number of esters is 1. The van der Waals surface area contributed by atoms with E-state index in [0.717, 1.165) is 0 Å². The van der Waals surface area contributed by atoms with Crippen molar-refractivity contribution < 1.29 is 19.0 Å². The maximum absolute atomic E-state index is 10.3. The third kappa shape index (κ3) is 2.71. The summed E-state index contributed by atoms with van der Waals surface area (Å²) in [6.45, 7) is 1.91. The lowest BCUT2D eigenvalue weighted by Gasteiger charge is -2.05. The molecule has 0 radical (unpaired) electrons. The Bertz CT molecular complexity index is 179. The van der Waals surface area contributed by atoms with Crippen LogP contribution in [-0.2, 0) is 19.0 Å². The Morgan fingerprint density at radius 1 is 1.91 bits per heavy atom. The van der Waals surface area contributed by atoms with Gasteiger partial charge in [0, 0.05) is 19.1 Å². The van der Waals surface area contributed by atoms with Crippen LogP contribution in [0.1, 0.15) is 6.92 Å². The van der Waals surface area contributed by atoms with Crippen molar-refractivity contribution in [2.45, 2.75) is 13.0 Å². The first-order valence-corrected chi connectivity index (χ1v) is 3.56. The summed E-state index contributed by atoms with van der Waals surface area (Å²) in [6.07, 6.45) is -0.230. The van der Waals surface area contributed by atoms with Gasteiger partial charge >= 0.3 is 11.2 Å². The van der Waals surface area contributed by atoms with E-state index in [0.29, 0.717) is 6.61 Å². The molecule has 1 saturated heterocycles. The van der Waals surface area contributed by atoms with Crippen molar-refractivity contribution in [3.63, 3.8) is 0 Å². The van der Waals surface area contributed by atoms with Crippen LogP contribution >= 0.6 is 12.2 Å². The smallest absolute Gasteiger partial charge is 0.352 e. The highest BCUT2D eigenvalue weighted by Crippen LogP contribution is 2.06. The predicted octanol–water partition coefficient (Wildman–Crippen LogP) is 0.250. The zero-order valence-electron chi connectivity index (χ0n) is 6.03. The molecule has 0 aromatic carbocycles. The summed E-state index contributed by atoms with van der Waals surface area (Å²) in [6, 6.07) is 0. The summed E-state index contributed by atoms with van der Waals surface area (Å²) < 4.78 is 14.4. The Hall–Kier alpha value is -0.840. The van der Waals surface area contributed by atoms with Gasteiger partial charge in [0.05, 0.1) is 0 Å². The largest absolute Gasteiger partial charge is 0.462 e. The van der Waals surface area contributed by atoms with Gasteiger partial charge < -0.3 is 14.2 Å². The van der Waals surface area contributed by atoms with E-state index in [2.05, 4.69) is 17.0 Å². The minimum atomic E-state index is -0.327. The third-order valence-corrected chi connectivity index (χ3v) is 1.34. The van der Waals surface area contributed by atoms with Crippen molar-refractivity contribution in [2.75, 3.05) is 13.2 Å². The fourth-order valence-corrected chi connectivity index (χ4v) is 0.862. The average molecular weight is 176 g/mol. The van der Waals surface area contributed by atoms with E-state index >= 15 is 0 Å². The molecule has 11 heavy (non-hydrogen) atoms. The number of hydrogen-bond acceptors (Lipinski definition) is 5. The molecule has 62 valence electrons. The van der Waals surface area contributed by atoms with Crippen molar-refractivity contribution in [2.24, 2.45) is 0 Å². The Balaban J connectivity index is 2.18. The van der Waals surface area contributed by atoms with Gasteiger partial charge in [-0.1, -0.05) is 0 Å². The molecule has 1 aliphatic rings. The summed E-state index contributed by atoms with van der Waals surface area (Å²) in [5, 5.41) is 0.127. The zero-order chi connectivity index (χ0) is 8.27. The summed E-state index contributed by atoms with van der Waals surface area (Å²) in [5.74, 6) is -0.327. The molecular formula is C6H8O4S. The molecule has 1 fully saturated rings. The molecule has 0 bridgehead atoms. The lowest BCUT2D eigenvalue weighted by molar-refractivity contribution is -0.143. The van der Waals surface area contributed by atoms with Crippen molar-refractivity contribution in [3.05, 3.63) is 0 Å². The molecule has 4 nitrogen and oxygen atoms in total. The van der Waals surface area contributed by atoms with E-state index in [-0.39, 0.29) is 23.9 Å². The van der Waals surface area contributed by atoms with Crippen LogP contribution in [0.3, 0.4) is 0 Å². The Morgan fingerprint density at radius 2 is 2.64 bits per heavy atom. The van der Waals surface area contributed by atoms with Gasteiger partial charge in [0.25, 0.3) is 0 Å². The van der Waals surface area contributed by atoms with Crippen molar-refractivity contribution in [3.8, 4) is 0 Å². The van der Waals surface area contributed by atoms with Crippen LogP contribution in [0.2, 0.25) is 0 Å². The molecule has 0 aromatic heterocycles. The number of carbonyl (C=O) groups excluding carboxylic acids is 1. The van der Waals surface area contributed by atoms with Gasteiger partial charge in [0.2, 0.25) is 0 Å². The molecule has 0 unspecified atom stereocenters. The SMILES string of the molecule is CC(=O)OC[C@H]1COC(=S)O1. The normalized spacial score (nSPS) is 22.3. The first-order chi connectivity index (χ1) is 5.18. The Labute approximate surface area is 69.4 Å². The third-order valence-electron chi connectivity index (χ3n) is 1.12. The van der Waals surface area contributed by atoms with Crippen LogP contribution in [0.4, 0.5) is 0 Å². The standard InChI is InChI=1S/C6H8O4S/c1-4(7)8-2-5-3-9-6(11)10-5/h5H,2-3H2,1H3/t5-/m0/s1. The highest BCUT2D eigenvalue weighted by molar-refractivity contribution is 7.79.